The van der Waals surface area contributed by atoms with Crippen molar-refractivity contribution in [2.75, 3.05) is 33.4 Å². The second kappa shape index (κ2) is 6.05. The first-order valence-electron chi connectivity index (χ1n) is 5.31. The highest BCUT2D eigenvalue weighted by Gasteiger charge is 2.25. The first-order valence-corrected chi connectivity index (χ1v) is 5.31. The maximum absolute atomic E-state index is 11.8. The van der Waals surface area contributed by atoms with Gasteiger partial charge in [-0.15, -0.1) is 0 Å². The Bertz CT molecular complexity index is 203. The Morgan fingerprint density at radius 2 is 2.33 bits per heavy atom. The summed E-state index contributed by atoms with van der Waals surface area (Å²) >= 11 is 0. The molecular formula is C10H20N2O3. The van der Waals surface area contributed by atoms with Crippen LogP contribution in [0, 0.1) is 0 Å². The smallest absolute Gasteiger partial charge is 0.253 e. The fourth-order valence-electron chi connectivity index (χ4n) is 1.38. The minimum atomic E-state index is -0.433. The summed E-state index contributed by atoms with van der Waals surface area (Å²) in [4.78, 5) is 13.4. The van der Waals surface area contributed by atoms with Gasteiger partial charge in [0.1, 0.15) is 0 Å². The van der Waals surface area contributed by atoms with Crippen LogP contribution in [0.25, 0.3) is 0 Å². The van der Waals surface area contributed by atoms with Crippen molar-refractivity contribution < 1.29 is 14.3 Å². The Morgan fingerprint density at radius 1 is 1.60 bits per heavy atom. The van der Waals surface area contributed by atoms with Gasteiger partial charge in [0.05, 0.1) is 19.8 Å². The molecule has 15 heavy (non-hydrogen) atoms. The van der Waals surface area contributed by atoms with Crippen LogP contribution in [0.5, 0.6) is 0 Å². The van der Waals surface area contributed by atoms with Crippen LogP contribution in [0.3, 0.4) is 0 Å². The maximum atomic E-state index is 11.8. The number of hydrogen-bond donors (Lipinski definition) is 1. The molecule has 1 aliphatic rings. The number of likely N-dealkylation sites (N-methyl/N-ethyl adjacent to an activating group) is 1. The van der Waals surface area contributed by atoms with Crippen molar-refractivity contribution in [3.63, 3.8) is 0 Å². The lowest BCUT2D eigenvalue weighted by Gasteiger charge is -2.27. The highest BCUT2D eigenvalue weighted by atomic mass is 16.6. The molecule has 1 amide bonds. The van der Waals surface area contributed by atoms with Crippen molar-refractivity contribution in [1.82, 2.24) is 4.90 Å². The average Bonchev–Trinajstić information content (AvgIpc) is 2.26. The maximum Gasteiger partial charge on any atom is 0.253 e. The van der Waals surface area contributed by atoms with Crippen molar-refractivity contribution >= 4 is 5.91 Å². The number of hydrogen-bond acceptors (Lipinski definition) is 4. The summed E-state index contributed by atoms with van der Waals surface area (Å²) < 4.78 is 10.5. The Balaban J connectivity index is 2.30. The number of carbonyl (C=O) groups is 1. The molecule has 0 saturated carbocycles. The van der Waals surface area contributed by atoms with Gasteiger partial charge in [0.25, 0.3) is 5.91 Å². The summed E-state index contributed by atoms with van der Waals surface area (Å²) in [6.07, 6.45) is 0.368. The van der Waals surface area contributed by atoms with E-state index in [1.165, 1.54) is 0 Å². The summed E-state index contributed by atoms with van der Waals surface area (Å²) in [5, 5.41) is 0. The molecule has 0 aliphatic carbocycles. The Morgan fingerprint density at radius 3 is 2.87 bits per heavy atom. The fraction of sp³-hybridized carbons (Fsp3) is 0.900. The van der Waals surface area contributed by atoms with E-state index in [0.29, 0.717) is 26.4 Å². The normalized spacial score (nSPS) is 23.5. The molecule has 5 heteroatoms. The third-order valence-corrected chi connectivity index (χ3v) is 2.39. The molecule has 88 valence electrons. The average molecular weight is 216 g/mol. The molecule has 1 heterocycles. The molecule has 5 nitrogen and oxygen atoms in total. The Labute approximate surface area is 90.5 Å². The number of carbonyl (C=O) groups excluding carboxylic acids is 1. The van der Waals surface area contributed by atoms with Gasteiger partial charge in [-0.05, 0) is 13.3 Å². The third kappa shape index (κ3) is 4.15. The summed E-state index contributed by atoms with van der Waals surface area (Å²) in [6.45, 7) is 4.03. The molecular weight excluding hydrogens is 196 g/mol. The van der Waals surface area contributed by atoms with E-state index >= 15 is 0 Å². The number of amides is 1. The van der Waals surface area contributed by atoms with Gasteiger partial charge in [0.15, 0.2) is 6.10 Å². The minimum absolute atomic E-state index is 0.0182. The quantitative estimate of drug-likeness (QED) is 0.694. The number of nitrogens with zero attached hydrogens (tertiary/aromatic N) is 1. The molecule has 1 saturated heterocycles. The van der Waals surface area contributed by atoms with E-state index in [1.54, 1.807) is 11.9 Å². The lowest BCUT2D eigenvalue weighted by Crippen LogP contribution is -2.44. The van der Waals surface area contributed by atoms with E-state index in [9.17, 15) is 4.79 Å². The number of ether oxygens (including phenoxy) is 2. The van der Waals surface area contributed by atoms with Gasteiger partial charge in [0.2, 0.25) is 0 Å². The first kappa shape index (κ1) is 12.4. The second-order valence-corrected chi connectivity index (χ2v) is 3.96. The molecule has 2 N–H and O–H groups in total. The van der Waals surface area contributed by atoms with E-state index < -0.39 is 6.10 Å². The zero-order valence-corrected chi connectivity index (χ0v) is 9.44. The largest absolute Gasteiger partial charge is 0.376 e. The van der Waals surface area contributed by atoms with Gasteiger partial charge < -0.3 is 20.1 Å². The number of nitrogens with two attached hydrogens (primary N) is 1. The van der Waals surface area contributed by atoms with E-state index in [0.717, 1.165) is 6.42 Å². The summed E-state index contributed by atoms with van der Waals surface area (Å²) in [6, 6.07) is 0.115. The van der Waals surface area contributed by atoms with Crippen molar-refractivity contribution in [2.24, 2.45) is 5.73 Å². The lowest BCUT2D eigenvalue weighted by molar-refractivity contribution is -0.156. The summed E-state index contributed by atoms with van der Waals surface area (Å²) in [5.41, 5.74) is 5.63. The van der Waals surface area contributed by atoms with Crippen LogP contribution < -0.4 is 5.73 Å². The van der Waals surface area contributed by atoms with Crippen molar-refractivity contribution in [3.8, 4) is 0 Å². The van der Waals surface area contributed by atoms with Crippen LogP contribution in [-0.4, -0.2) is 56.4 Å². The van der Waals surface area contributed by atoms with Gasteiger partial charge in [-0.25, -0.2) is 0 Å². The molecule has 0 aromatic rings. The van der Waals surface area contributed by atoms with E-state index in [-0.39, 0.29) is 11.9 Å². The van der Waals surface area contributed by atoms with Gasteiger partial charge in [-0.1, -0.05) is 0 Å². The lowest BCUT2D eigenvalue weighted by atomic mass is 10.2. The van der Waals surface area contributed by atoms with Crippen LogP contribution in [0.2, 0.25) is 0 Å². The molecule has 0 spiro atoms. The molecule has 0 aromatic carbocycles. The van der Waals surface area contributed by atoms with Crippen LogP contribution in [0.15, 0.2) is 0 Å². The fourth-order valence-corrected chi connectivity index (χ4v) is 1.38. The molecule has 2 atom stereocenters. The summed E-state index contributed by atoms with van der Waals surface area (Å²) in [7, 11) is 1.77. The van der Waals surface area contributed by atoms with Gasteiger partial charge in [-0.2, -0.15) is 0 Å². The van der Waals surface area contributed by atoms with Crippen molar-refractivity contribution in [3.05, 3.63) is 0 Å². The van der Waals surface area contributed by atoms with E-state index in [2.05, 4.69) is 0 Å². The second-order valence-electron chi connectivity index (χ2n) is 3.96. The monoisotopic (exact) mass is 216 g/mol. The van der Waals surface area contributed by atoms with E-state index in [4.69, 9.17) is 15.2 Å². The van der Waals surface area contributed by atoms with E-state index in [1.807, 2.05) is 6.92 Å². The Hall–Kier alpha value is -0.650. The third-order valence-electron chi connectivity index (χ3n) is 2.39. The zero-order valence-electron chi connectivity index (χ0n) is 9.44. The first-order chi connectivity index (χ1) is 7.11. The van der Waals surface area contributed by atoms with Gasteiger partial charge >= 0.3 is 0 Å². The number of rotatable bonds is 4. The molecule has 0 bridgehead atoms. The topological polar surface area (TPSA) is 64.8 Å². The molecule has 0 radical (unpaired) electrons. The molecule has 1 fully saturated rings. The highest BCUT2D eigenvalue weighted by Crippen LogP contribution is 2.05. The van der Waals surface area contributed by atoms with Crippen molar-refractivity contribution in [2.45, 2.75) is 25.5 Å². The SMILES string of the molecule is CC(N)CCN(C)C(=O)C1COCCO1. The predicted octanol–water partition coefficient (Wildman–Crippen LogP) is -0.402. The van der Waals surface area contributed by atoms with Crippen LogP contribution in [0.4, 0.5) is 0 Å². The zero-order chi connectivity index (χ0) is 11.3. The van der Waals surface area contributed by atoms with Crippen LogP contribution in [-0.2, 0) is 14.3 Å². The predicted molar refractivity (Wildman–Crippen MR) is 56.5 cm³/mol. The van der Waals surface area contributed by atoms with Crippen molar-refractivity contribution in [1.29, 1.82) is 0 Å². The molecule has 0 aromatic heterocycles. The molecule has 2 unspecified atom stereocenters. The van der Waals surface area contributed by atoms with Gasteiger partial charge in [-0.3, -0.25) is 4.79 Å². The van der Waals surface area contributed by atoms with Gasteiger partial charge in [0, 0.05) is 19.6 Å². The van der Waals surface area contributed by atoms with Crippen LogP contribution >= 0.6 is 0 Å². The summed E-state index contributed by atoms with van der Waals surface area (Å²) in [5.74, 6) is -0.0182. The standard InChI is InChI=1S/C10H20N2O3/c1-8(11)3-4-12(2)10(13)9-7-14-5-6-15-9/h8-9H,3-7,11H2,1-2H3. The van der Waals surface area contributed by atoms with Crippen LogP contribution in [0.1, 0.15) is 13.3 Å². The highest BCUT2D eigenvalue weighted by molar-refractivity contribution is 5.80. The minimum Gasteiger partial charge on any atom is -0.376 e. The molecule has 1 aliphatic heterocycles. The molecule has 1 rings (SSSR count). The Kier molecular flexibility index (Phi) is 5.01.